The third-order valence-corrected chi connectivity index (χ3v) is 13.1. The molecule has 0 spiro atoms. The molecule has 4 aliphatic heterocycles. The summed E-state index contributed by atoms with van der Waals surface area (Å²) in [7, 11) is 12.0. The molecule has 3 aromatic rings. The number of carbonyl (C=O) groups is 3. The Hall–Kier alpha value is -4.05. The fraction of sp³-hybridized carbons (Fsp3) is 0.242. The van der Waals surface area contributed by atoms with E-state index in [0.29, 0.717) is 51.5 Å². The molecule has 4 unspecified atom stereocenters. The molecule has 2 saturated heterocycles. The van der Waals surface area contributed by atoms with Gasteiger partial charge in [-0.05, 0) is 36.4 Å². The molecule has 11 nitrogen and oxygen atoms in total. The van der Waals surface area contributed by atoms with Crippen LogP contribution >= 0.6 is 43.2 Å². The highest BCUT2D eigenvalue weighted by Crippen LogP contribution is 2.56. The van der Waals surface area contributed by atoms with E-state index in [1.807, 2.05) is 16.9 Å². The molecule has 4 heterocycles. The second kappa shape index (κ2) is 13.5. The van der Waals surface area contributed by atoms with E-state index >= 15 is 0 Å². The van der Waals surface area contributed by atoms with Crippen LogP contribution < -0.4 is 33.5 Å². The molecule has 248 valence electrons. The lowest BCUT2D eigenvalue weighted by Crippen LogP contribution is -2.58. The first kappa shape index (κ1) is 32.5. The molecule has 0 radical (unpaired) electrons. The number of carbonyl (C=O) groups excluding carboxylic acids is 3. The van der Waals surface area contributed by atoms with Gasteiger partial charge < -0.3 is 23.7 Å². The molecule has 0 N–H and O–H groups in total. The van der Waals surface area contributed by atoms with Crippen molar-refractivity contribution in [2.45, 2.75) is 22.6 Å². The number of fused-ring (bicyclic) bond motifs is 2. The summed E-state index contributed by atoms with van der Waals surface area (Å²) in [6.45, 7) is 0. The summed E-state index contributed by atoms with van der Waals surface area (Å²) in [5.41, 5.74) is 2.36. The predicted octanol–water partition coefficient (Wildman–Crippen LogP) is 6.56. The van der Waals surface area contributed by atoms with Crippen LogP contribution in [-0.2, 0) is 9.59 Å². The number of amides is 3. The minimum atomic E-state index is -1.08. The van der Waals surface area contributed by atoms with E-state index in [1.165, 1.54) is 62.3 Å². The smallest absolute Gasteiger partial charge is 0.416 e. The third kappa shape index (κ3) is 5.42. The normalized spacial score (nSPS) is 22.6. The molecule has 48 heavy (non-hydrogen) atoms. The van der Waals surface area contributed by atoms with Gasteiger partial charge in [0.15, 0.2) is 0 Å². The number of ether oxygens (including phenoxy) is 5. The van der Waals surface area contributed by atoms with Gasteiger partial charge in [-0.1, -0.05) is 61.4 Å². The van der Waals surface area contributed by atoms with Gasteiger partial charge in [0, 0.05) is 34.3 Å². The second-order valence-corrected chi connectivity index (χ2v) is 15.3. The van der Waals surface area contributed by atoms with Crippen molar-refractivity contribution in [3.05, 3.63) is 88.9 Å². The summed E-state index contributed by atoms with van der Waals surface area (Å²) in [5.74, 6) is 1.49. The number of hydrogen-bond donors (Lipinski definition) is 0. The number of anilines is 2. The van der Waals surface area contributed by atoms with Gasteiger partial charge in [0.2, 0.25) is 0 Å². The monoisotopic (exact) mass is 723 g/mol. The fourth-order valence-electron chi connectivity index (χ4n) is 6.10. The fourth-order valence-corrected chi connectivity index (χ4v) is 11.4. The molecule has 15 heteroatoms. The zero-order valence-electron chi connectivity index (χ0n) is 26.1. The summed E-state index contributed by atoms with van der Waals surface area (Å²) < 4.78 is 28.1. The number of nitrogens with zero attached hydrogens (tertiary/aromatic N) is 3. The summed E-state index contributed by atoms with van der Waals surface area (Å²) in [6.07, 6.45) is -0.807. The van der Waals surface area contributed by atoms with Crippen molar-refractivity contribution in [1.82, 2.24) is 4.90 Å². The maximum absolute atomic E-state index is 14.8. The van der Waals surface area contributed by atoms with Crippen LogP contribution in [0.2, 0.25) is 0 Å². The molecule has 0 aromatic heterocycles. The number of para-hydroxylation sites is 1. The summed E-state index contributed by atoms with van der Waals surface area (Å²) in [4.78, 5) is 48.5. The van der Waals surface area contributed by atoms with E-state index in [1.54, 1.807) is 84.7 Å². The number of methoxy groups -OCH3 is 4. The van der Waals surface area contributed by atoms with Gasteiger partial charge in [-0.2, -0.15) is 0 Å². The first-order valence-corrected chi connectivity index (χ1v) is 19.2. The molecule has 2 fully saturated rings. The Balaban J connectivity index is 1.34. The summed E-state index contributed by atoms with van der Waals surface area (Å²) in [6, 6.07) is 16.8. The standard InChI is InChI=1S/C33H29N3O8S4/c1-40-19-10-12-21(25(14-19)42-3)34-23-16-45-47-29(23)27(31(34)37)36(33(39)44-18-8-6-5-7-9-18)28-30-24(17-46-48-30)35(32(28)38)22-13-11-20(41-2)15-26(22)43-4/h5-17,27-30H,1-4H3. The van der Waals surface area contributed by atoms with Crippen molar-refractivity contribution in [1.29, 1.82) is 0 Å². The Morgan fingerprint density at radius 1 is 0.646 bits per heavy atom. The first-order chi connectivity index (χ1) is 23.4. The molecule has 3 amide bonds. The Morgan fingerprint density at radius 2 is 1.12 bits per heavy atom. The number of benzene rings is 3. The van der Waals surface area contributed by atoms with Gasteiger partial charge in [-0.15, -0.1) is 0 Å². The quantitative estimate of drug-likeness (QED) is 0.223. The Bertz CT molecular complexity index is 1730. The van der Waals surface area contributed by atoms with Crippen LogP contribution in [0.4, 0.5) is 16.2 Å². The van der Waals surface area contributed by atoms with E-state index in [9.17, 15) is 14.4 Å². The van der Waals surface area contributed by atoms with E-state index in [-0.39, 0.29) is 11.8 Å². The number of hydrogen-bond acceptors (Lipinski definition) is 12. The molecular weight excluding hydrogens is 695 g/mol. The zero-order valence-corrected chi connectivity index (χ0v) is 29.3. The van der Waals surface area contributed by atoms with Crippen molar-refractivity contribution in [3.63, 3.8) is 0 Å². The largest absolute Gasteiger partial charge is 0.497 e. The summed E-state index contributed by atoms with van der Waals surface area (Å²) in [5, 5.41) is 2.80. The van der Waals surface area contributed by atoms with Crippen LogP contribution in [-0.4, -0.2) is 73.8 Å². The van der Waals surface area contributed by atoms with Crippen molar-refractivity contribution >= 4 is 72.5 Å². The van der Waals surface area contributed by atoms with E-state index in [4.69, 9.17) is 23.7 Å². The Labute approximate surface area is 292 Å². The lowest BCUT2D eigenvalue weighted by Gasteiger charge is -2.34. The molecule has 3 aromatic carbocycles. The minimum Gasteiger partial charge on any atom is -0.497 e. The van der Waals surface area contributed by atoms with Crippen molar-refractivity contribution in [3.8, 4) is 28.7 Å². The highest BCUT2D eigenvalue weighted by Gasteiger charge is 2.60. The zero-order chi connectivity index (χ0) is 33.5. The topological polar surface area (TPSA) is 107 Å². The average molecular weight is 724 g/mol. The van der Waals surface area contributed by atoms with Gasteiger partial charge in [0.05, 0.1) is 50.3 Å². The van der Waals surface area contributed by atoms with Crippen LogP contribution in [0.1, 0.15) is 0 Å². The highest BCUT2D eigenvalue weighted by molar-refractivity contribution is 8.78. The Morgan fingerprint density at radius 3 is 1.56 bits per heavy atom. The third-order valence-electron chi connectivity index (χ3n) is 8.29. The molecule has 0 bridgehead atoms. The van der Waals surface area contributed by atoms with Crippen molar-refractivity contribution < 1.29 is 38.1 Å². The second-order valence-electron chi connectivity index (χ2n) is 10.7. The molecule has 0 saturated carbocycles. The van der Waals surface area contributed by atoms with Crippen molar-refractivity contribution in [2.24, 2.45) is 0 Å². The predicted molar refractivity (Wildman–Crippen MR) is 190 cm³/mol. The van der Waals surface area contributed by atoms with Gasteiger partial charge >= 0.3 is 6.09 Å². The van der Waals surface area contributed by atoms with E-state index < -0.39 is 28.7 Å². The van der Waals surface area contributed by atoms with Gasteiger partial charge in [-0.3, -0.25) is 24.3 Å². The SMILES string of the molecule is COc1ccc(N2C(=O)C(N(C(=O)Oc3ccccc3)C3C(=O)N(c4ccc(OC)cc4OC)C4=CSSC43)C3SSC=C32)c(OC)c1. The van der Waals surface area contributed by atoms with Gasteiger partial charge in [0.25, 0.3) is 11.8 Å². The molecular formula is C33H29N3O8S4. The van der Waals surface area contributed by atoms with Crippen LogP contribution in [0.15, 0.2) is 88.9 Å². The molecule has 4 atom stereocenters. The molecule has 4 aliphatic rings. The van der Waals surface area contributed by atoms with Crippen LogP contribution in [0, 0.1) is 0 Å². The van der Waals surface area contributed by atoms with E-state index in [2.05, 4.69) is 0 Å². The van der Waals surface area contributed by atoms with Crippen LogP contribution in [0.25, 0.3) is 0 Å². The maximum atomic E-state index is 14.8. The molecule has 0 aliphatic carbocycles. The highest BCUT2D eigenvalue weighted by atomic mass is 33.1. The van der Waals surface area contributed by atoms with E-state index in [0.717, 1.165) is 0 Å². The molecule has 7 rings (SSSR count). The lowest BCUT2D eigenvalue weighted by molar-refractivity contribution is -0.125. The first-order valence-electron chi connectivity index (χ1n) is 14.6. The van der Waals surface area contributed by atoms with Gasteiger partial charge in [-0.25, -0.2) is 4.79 Å². The Kier molecular flexibility index (Phi) is 9.11. The average Bonchev–Trinajstić information content (AvgIpc) is 3.88. The van der Waals surface area contributed by atoms with Crippen molar-refractivity contribution in [2.75, 3.05) is 38.2 Å². The number of rotatable bonds is 9. The van der Waals surface area contributed by atoms with Gasteiger partial charge in [0.1, 0.15) is 40.8 Å². The minimum absolute atomic E-state index is 0.291. The van der Waals surface area contributed by atoms with Crippen LogP contribution in [0.3, 0.4) is 0 Å². The lowest BCUT2D eigenvalue weighted by atomic mass is 10.1. The summed E-state index contributed by atoms with van der Waals surface area (Å²) >= 11 is 0. The van der Waals surface area contributed by atoms with Crippen LogP contribution in [0.5, 0.6) is 28.7 Å². The maximum Gasteiger partial charge on any atom is 0.416 e.